The molecular formula is C21H41IN6O2. The van der Waals surface area contributed by atoms with Crippen LogP contribution in [0.2, 0.25) is 0 Å². The van der Waals surface area contributed by atoms with E-state index in [0.717, 1.165) is 77.5 Å². The molecule has 1 N–H and O–H groups in total. The Labute approximate surface area is 199 Å². The van der Waals surface area contributed by atoms with E-state index in [0.29, 0.717) is 6.54 Å². The maximum absolute atomic E-state index is 12.6. The second kappa shape index (κ2) is 14.8. The number of guanidine groups is 1. The fraction of sp³-hybridized carbons (Fsp3) is 0.857. The molecule has 0 radical (unpaired) electrons. The van der Waals surface area contributed by atoms with Crippen LogP contribution in [0.15, 0.2) is 4.99 Å². The lowest BCUT2D eigenvalue weighted by Crippen LogP contribution is -2.54. The monoisotopic (exact) mass is 536 g/mol. The van der Waals surface area contributed by atoms with Crippen molar-refractivity contribution in [3.05, 3.63) is 0 Å². The summed E-state index contributed by atoms with van der Waals surface area (Å²) in [4.78, 5) is 37.2. The van der Waals surface area contributed by atoms with Gasteiger partial charge in [-0.25, -0.2) is 4.99 Å². The fourth-order valence-electron chi connectivity index (χ4n) is 3.66. The van der Waals surface area contributed by atoms with Gasteiger partial charge in [0, 0.05) is 59.9 Å². The number of likely N-dealkylation sites (tertiary alicyclic amines) is 1. The normalized spacial score (nSPS) is 18.4. The molecule has 2 heterocycles. The molecule has 0 aromatic heterocycles. The van der Waals surface area contributed by atoms with Crippen LogP contribution in [-0.4, -0.2) is 110 Å². The highest BCUT2D eigenvalue weighted by atomic mass is 127. The van der Waals surface area contributed by atoms with Gasteiger partial charge in [0.15, 0.2) is 5.96 Å². The van der Waals surface area contributed by atoms with Crippen LogP contribution in [0.25, 0.3) is 0 Å². The maximum atomic E-state index is 12.6. The average molecular weight is 537 g/mol. The number of carbonyl (C=O) groups is 2. The van der Waals surface area contributed by atoms with Crippen molar-refractivity contribution in [3.8, 4) is 0 Å². The molecular weight excluding hydrogens is 495 g/mol. The molecule has 0 saturated carbocycles. The van der Waals surface area contributed by atoms with Crippen molar-refractivity contribution in [2.75, 3.05) is 73.0 Å². The Balaban J connectivity index is 0.00000450. The number of halogens is 1. The van der Waals surface area contributed by atoms with Crippen LogP contribution in [-0.2, 0) is 9.59 Å². The summed E-state index contributed by atoms with van der Waals surface area (Å²) in [6.07, 6.45) is 6.94. The zero-order valence-electron chi connectivity index (χ0n) is 19.1. The molecule has 2 amide bonds. The summed E-state index contributed by atoms with van der Waals surface area (Å²) in [5, 5.41) is 3.41. The molecule has 8 nitrogen and oxygen atoms in total. The summed E-state index contributed by atoms with van der Waals surface area (Å²) >= 11 is 0. The molecule has 174 valence electrons. The van der Waals surface area contributed by atoms with Crippen LogP contribution in [0.3, 0.4) is 0 Å². The van der Waals surface area contributed by atoms with Crippen molar-refractivity contribution in [1.29, 1.82) is 0 Å². The van der Waals surface area contributed by atoms with Crippen LogP contribution in [0.1, 0.15) is 45.4 Å². The zero-order valence-corrected chi connectivity index (χ0v) is 21.4. The van der Waals surface area contributed by atoms with E-state index < -0.39 is 0 Å². The number of likely N-dealkylation sites (N-methyl/N-ethyl adjacent to an activating group) is 1. The minimum absolute atomic E-state index is 0. The minimum atomic E-state index is 0. The van der Waals surface area contributed by atoms with Crippen LogP contribution < -0.4 is 5.32 Å². The van der Waals surface area contributed by atoms with Crippen molar-refractivity contribution < 1.29 is 9.59 Å². The molecule has 2 fully saturated rings. The quantitative estimate of drug-likeness (QED) is 0.231. The SMILES string of the molecule is CCCCNC(=NCC(=O)N(C)C)N1CCN(CC(=O)N2CCCCCC2)CC1.I. The first-order valence-corrected chi connectivity index (χ1v) is 11.2. The van der Waals surface area contributed by atoms with Gasteiger partial charge in [-0.2, -0.15) is 0 Å². The van der Waals surface area contributed by atoms with Crippen LogP contribution >= 0.6 is 24.0 Å². The molecule has 0 bridgehead atoms. The molecule has 0 aromatic carbocycles. The third kappa shape index (κ3) is 9.36. The number of hydrogen-bond donors (Lipinski definition) is 1. The Morgan fingerprint density at radius 2 is 1.57 bits per heavy atom. The number of carbonyl (C=O) groups excluding carboxylic acids is 2. The third-order valence-corrected chi connectivity index (χ3v) is 5.67. The standard InChI is InChI=1S/C21H40N6O2.HI/c1-4-5-10-22-21(23-17-19(28)24(2)3)27-15-13-25(14-16-27)18-20(29)26-11-8-6-7-9-12-26;/h4-18H2,1-3H3,(H,22,23);1H. The summed E-state index contributed by atoms with van der Waals surface area (Å²) in [6, 6.07) is 0. The van der Waals surface area contributed by atoms with E-state index in [2.05, 4.69) is 27.0 Å². The van der Waals surface area contributed by atoms with Gasteiger partial charge in [0.05, 0.1) is 6.54 Å². The maximum Gasteiger partial charge on any atom is 0.243 e. The molecule has 2 saturated heterocycles. The molecule has 9 heteroatoms. The highest BCUT2D eigenvalue weighted by Crippen LogP contribution is 2.11. The van der Waals surface area contributed by atoms with Crippen LogP contribution in [0.4, 0.5) is 0 Å². The molecule has 0 unspecified atom stereocenters. The Bertz CT molecular complexity index is 542. The van der Waals surface area contributed by atoms with Crippen LogP contribution in [0, 0.1) is 0 Å². The van der Waals surface area contributed by atoms with E-state index in [1.165, 1.54) is 12.8 Å². The fourth-order valence-corrected chi connectivity index (χ4v) is 3.66. The van der Waals surface area contributed by atoms with E-state index >= 15 is 0 Å². The number of aliphatic imine (C=N–C) groups is 1. The van der Waals surface area contributed by atoms with E-state index in [1.807, 2.05) is 4.90 Å². The molecule has 0 aliphatic carbocycles. The van der Waals surface area contributed by atoms with Crippen molar-refractivity contribution in [1.82, 2.24) is 24.9 Å². The molecule has 30 heavy (non-hydrogen) atoms. The molecule has 2 aliphatic rings. The third-order valence-electron chi connectivity index (χ3n) is 5.67. The number of rotatable bonds is 7. The van der Waals surface area contributed by atoms with E-state index in [9.17, 15) is 9.59 Å². The molecule has 0 spiro atoms. The lowest BCUT2D eigenvalue weighted by atomic mass is 10.2. The zero-order chi connectivity index (χ0) is 21.1. The van der Waals surface area contributed by atoms with Crippen molar-refractivity contribution in [2.45, 2.75) is 45.4 Å². The van der Waals surface area contributed by atoms with Gasteiger partial charge in [0.2, 0.25) is 11.8 Å². The number of piperazine rings is 1. The highest BCUT2D eigenvalue weighted by Gasteiger charge is 2.24. The first-order valence-electron chi connectivity index (χ1n) is 11.2. The van der Waals surface area contributed by atoms with E-state index in [1.54, 1.807) is 19.0 Å². The smallest absolute Gasteiger partial charge is 0.243 e. The molecule has 2 rings (SSSR count). The second-order valence-corrected chi connectivity index (χ2v) is 8.27. The number of nitrogens with zero attached hydrogens (tertiary/aromatic N) is 5. The van der Waals surface area contributed by atoms with Gasteiger partial charge < -0.3 is 20.0 Å². The Morgan fingerprint density at radius 3 is 2.13 bits per heavy atom. The Hall–Kier alpha value is -1.10. The molecule has 2 aliphatic heterocycles. The number of amides is 2. The Morgan fingerprint density at radius 1 is 0.933 bits per heavy atom. The van der Waals surface area contributed by atoms with Gasteiger partial charge in [0.25, 0.3) is 0 Å². The van der Waals surface area contributed by atoms with Gasteiger partial charge in [-0.3, -0.25) is 14.5 Å². The van der Waals surface area contributed by atoms with E-state index in [4.69, 9.17) is 0 Å². The predicted molar refractivity (Wildman–Crippen MR) is 132 cm³/mol. The van der Waals surface area contributed by atoms with Crippen molar-refractivity contribution in [2.24, 2.45) is 4.99 Å². The first-order chi connectivity index (χ1) is 14.0. The summed E-state index contributed by atoms with van der Waals surface area (Å²) in [7, 11) is 3.50. The van der Waals surface area contributed by atoms with Crippen LogP contribution in [0.5, 0.6) is 0 Å². The average Bonchev–Trinajstić information content (AvgIpc) is 3.00. The lowest BCUT2D eigenvalue weighted by molar-refractivity contribution is -0.132. The van der Waals surface area contributed by atoms with Gasteiger partial charge >= 0.3 is 0 Å². The van der Waals surface area contributed by atoms with E-state index in [-0.39, 0.29) is 42.3 Å². The van der Waals surface area contributed by atoms with Gasteiger partial charge in [-0.15, -0.1) is 24.0 Å². The number of hydrogen-bond acceptors (Lipinski definition) is 4. The van der Waals surface area contributed by atoms with Gasteiger partial charge in [-0.1, -0.05) is 26.2 Å². The van der Waals surface area contributed by atoms with Gasteiger partial charge in [-0.05, 0) is 19.3 Å². The largest absolute Gasteiger partial charge is 0.356 e. The number of nitrogens with one attached hydrogen (secondary N) is 1. The number of unbranched alkanes of at least 4 members (excludes halogenated alkanes) is 1. The molecule has 0 atom stereocenters. The summed E-state index contributed by atoms with van der Waals surface area (Å²) in [6.45, 7) is 8.85. The second-order valence-electron chi connectivity index (χ2n) is 8.27. The minimum Gasteiger partial charge on any atom is -0.356 e. The van der Waals surface area contributed by atoms with Crippen molar-refractivity contribution in [3.63, 3.8) is 0 Å². The Kier molecular flexibility index (Phi) is 13.3. The van der Waals surface area contributed by atoms with Crippen molar-refractivity contribution >= 4 is 41.8 Å². The lowest BCUT2D eigenvalue weighted by Gasteiger charge is -2.37. The summed E-state index contributed by atoms with van der Waals surface area (Å²) < 4.78 is 0. The van der Waals surface area contributed by atoms with Gasteiger partial charge in [0.1, 0.15) is 6.54 Å². The predicted octanol–water partition coefficient (Wildman–Crippen LogP) is 1.46. The summed E-state index contributed by atoms with van der Waals surface area (Å²) in [5.74, 6) is 1.08. The molecule has 0 aromatic rings. The first kappa shape index (κ1) is 26.9. The highest BCUT2D eigenvalue weighted by molar-refractivity contribution is 14.0. The topological polar surface area (TPSA) is 71.5 Å². The summed E-state index contributed by atoms with van der Waals surface area (Å²) in [5.41, 5.74) is 0.